The Bertz CT molecular complexity index is 875. The minimum Gasteiger partial charge on any atom is -0.497 e. The SMILES string of the molecule is COc1cccc(N2CCN(C(=O)c3snc(C(=O)NCC(C)C)c3N)CC2)c1. The van der Waals surface area contributed by atoms with Gasteiger partial charge < -0.3 is 25.6 Å². The van der Waals surface area contributed by atoms with Crippen LogP contribution in [0.4, 0.5) is 11.4 Å². The van der Waals surface area contributed by atoms with Gasteiger partial charge in [-0.2, -0.15) is 4.37 Å². The van der Waals surface area contributed by atoms with Crippen LogP contribution in [-0.4, -0.2) is 60.9 Å². The number of hydrogen-bond acceptors (Lipinski definition) is 7. The third kappa shape index (κ3) is 4.79. The van der Waals surface area contributed by atoms with Crippen LogP contribution in [0.2, 0.25) is 0 Å². The van der Waals surface area contributed by atoms with Crippen molar-refractivity contribution in [2.24, 2.45) is 5.92 Å². The average Bonchev–Trinajstić information content (AvgIpc) is 3.13. The fraction of sp³-hybridized carbons (Fsp3) is 0.450. The fourth-order valence-corrected chi connectivity index (χ4v) is 3.88. The average molecular weight is 418 g/mol. The van der Waals surface area contributed by atoms with E-state index < -0.39 is 0 Å². The number of nitrogens with one attached hydrogen (secondary N) is 1. The maximum atomic E-state index is 12.9. The number of anilines is 2. The van der Waals surface area contributed by atoms with Gasteiger partial charge >= 0.3 is 0 Å². The van der Waals surface area contributed by atoms with Crippen molar-refractivity contribution in [2.45, 2.75) is 13.8 Å². The Morgan fingerprint density at radius 1 is 1.28 bits per heavy atom. The second kappa shape index (κ2) is 9.13. The Hall–Kier alpha value is -2.81. The van der Waals surface area contributed by atoms with E-state index >= 15 is 0 Å². The normalized spacial score (nSPS) is 14.2. The molecule has 9 heteroatoms. The molecule has 0 saturated carbocycles. The highest BCUT2D eigenvalue weighted by Gasteiger charge is 2.28. The molecular formula is C20H27N5O3S. The van der Waals surface area contributed by atoms with E-state index in [4.69, 9.17) is 10.5 Å². The van der Waals surface area contributed by atoms with Crippen LogP contribution >= 0.6 is 11.5 Å². The predicted octanol–water partition coefficient (Wildman–Crippen LogP) is 2.08. The molecule has 1 aliphatic rings. The molecule has 0 spiro atoms. The van der Waals surface area contributed by atoms with Crippen molar-refractivity contribution >= 4 is 34.7 Å². The van der Waals surface area contributed by atoms with Crippen molar-refractivity contribution in [1.82, 2.24) is 14.6 Å². The smallest absolute Gasteiger partial charge is 0.273 e. The molecule has 0 unspecified atom stereocenters. The van der Waals surface area contributed by atoms with Gasteiger partial charge in [0.2, 0.25) is 0 Å². The number of methoxy groups -OCH3 is 1. The van der Waals surface area contributed by atoms with Gasteiger partial charge in [-0.25, -0.2) is 0 Å². The molecule has 1 aromatic heterocycles. The number of rotatable bonds is 6. The van der Waals surface area contributed by atoms with E-state index in [-0.39, 0.29) is 23.2 Å². The Balaban J connectivity index is 1.63. The summed E-state index contributed by atoms with van der Waals surface area (Å²) in [5, 5.41) is 2.79. The van der Waals surface area contributed by atoms with Gasteiger partial charge in [0.1, 0.15) is 10.6 Å². The quantitative estimate of drug-likeness (QED) is 0.746. The van der Waals surface area contributed by atoms with Gasteiger partial charge in [0.05, 0.1) is 12.8 Å². The largest absolute Gasteiger partial charge is 0.497 e. The Labute approximate surface area is 174 Å². The number of hydrogen-bond donors (Lipinski definition) is 2. The Morgan fingerprint density at radius 3 is 2.66 bits per heavy atom. The van der Waals surface area contributed by atoms with Gasteiger partial charge in [-0.15, -0.1) is 0 Å². The second-order valence-corrected chi connectivity index (χ2v) is 8.13. The van der Waals surface area contributed by atoms with Gasteiger partial charge in [-0.05, 0) is 29.6 Å². The molecule has 0 atom stereocenters. The van der Waals surface area contributed by atoms with Crippen LogP contribution < -0.4 is 20.7 Å². The summed E-state index contributed by atoms with van der Waals surface area (Å²) in [7, 11) is 1.65. The number of aromatic nitrogens is 1. The van der Waals surface area contributed by atoms with Gasteiger partial charge in [-0.3, -0.25) is 9.59 Å². The zero-order chi connectivity index (χ0) is 21.0. The van der Waals surface area contributed by atoms with Gasteiger partial charge in [0.15, 0.2) is 5.69 Å². The number of ether oxygens (including phenoxy) is 1. The number of nitrogens with zero attached hydrogens (tertiary/aromatic N) is 3. The summed E-state index contributed by atoms with van der Waals surface area (Å²) in [6, 6.07) is 7.88. The van der Waals surface area contributed by atoms with Gasteiger partial charge in [0.25, 0.3) is 11.8 Å². The molecule has 3 N–H and O–H groups in total. The van der Waals surface area contributed by atoms with Crippen LogP contribution in [0.15, 0.2) is 24.3 Å². The molecule has 1 fully saturated rings. The highest BCUT2D eigenvalue weighted by Crippen LogP contribution is 2.26. The third-order valence-electron chi connectivity index (χ3n) is 4.79. The highest BCUT2D eigenvalue weighted by atomic mass is 32.1. The number of piperazine rings is 1. The first-order valence-corrected chi connectivity index (χ1v) is 10.4. The summed E-state index contributed by atoms with van der Waals surface area (Å²) >= 11 is 0.985. The number of benzene rings is 1. The van der Waals surface area contributed by atoms with Crippen LogP contribution in [-0.2, 0) is 0 Å². The third-order valence-corrected chi connectivity index (χ3v) is 5.64. The number of nitrogens with two attached hydrogens (primary N) is 1. The molecular weight excluding hydrogens is 390 g/mol. The van der Waals surface area contributed by atoms with Gasteiger partial charge in [-0.1, -0.05) is 19.9 Å². The zero-order valence-corrected chi connectivity index (χ0v) is 17.8. The minimum atomic E-state index is -0.339. The molecule has 1 aromatic carbocycles. The van der Waals surface area contributed by atoms with E-state index in [1.807, 2.05) is 38.1 Å². The number of amides is 2. The summed E-state index contributed by atoms with van der Waals surface area (Å²) in [5.41, 5.74) is 7.45. The lowest BCUT2D eigenvalue weighted by atomic mass is 10.2. The molecule has 2 aromatic rings. The fourth-order valence-electron chi connectivity index (χ4n) is 3.11. The van der Waals surface area contributed by atoms with Crippen LogP contribution in [0.1, 0.15) is 34.0 Å². The van der Waals surface area contributed by atoms with Crippen LogP contribution in [0.3, 0.4) is 0 Å². The topological polar surface area (TPSA) is 101 Å². The van der Waals surface area contributed by atoms with E-state index in [9.17, 15) is 9.59 Å². The molecule has 0 radical (unpaired) electrons. The van der Waals surface area contributed by atoms with Gasteiger partial charge in [0, 0.05) is 44.5 Å². The Morgan fingerprint density at radius 2 is 2.00 bits per heavy atom. The first kappa shape index (κ1) is 20.9. The number of nitrogen functional groups attached to an aromatic ring is 1. The molecule has 0 bridgehead atoms. The molecule has 0 aliphatic carbocycles. The maximum absolute atomic E-state index is 12.9. The van der Waals surface area contributed by atoms with Crippen LogP contribution in [0.5, 0.6) is 5.75 Å². The van der Waals surface area contributed by atoms with Crippen molar-refractivity contribution in [3.8, 4) is 5.75 Å². The minimum absolute atomic E-state index is 0.133. The first-order chi connectivity index (χ1) is 13.9. The monoisotopic (exact) mass is 417 g/mol. The summed E-state index contributed by atoms with van der Waals surface area (Å²) in [6.45, 7) is 7.10. The van der Waals surface area contributed by atoms with Crippen LogP contribution in [0, 0.1) is 5.92 Å². The summed E-state index contributed by atoms with van der Waals surface area (Å²) < 4.78 is 9.41. The van der Waals surface area contributed by atoms with Crippen LogP contribution in [0.25, 0.3) is 0 Å². The number of carbonyl (C=O) groups is 2. The van der Waals surface area contributed by atoms with Crippen molar-refractivity contribution < 1.29 is 14.3 Å². The highest BCUT2D eigenvalue weighted by molar-refractivity contribution is 7.09. The number of carbonyl (C=O) groups excluding carboxylic acids is 2. The lowest BCUT2D eigenvalue weighted by Crippen LogP contribution is -2.48. The molecule has 1 saturated heterocycles. The standard InChI is InChI=1S/C20H27N5O3S/c1-13(2)12-22-19(26)17-16(21)18(29-23-17)20(27)25-9-7-24(8-10-25)14-5-4-6-15(11-14)28-3/h4-6,11,13H,7-10,12,21H2,1-3H3,(H,22,26). The maximum Gasteiger partial charge on any atom is 0.273 e. The zero-order valence-electron chi connectivity index (χ0n) is 17.0. The summed E-state index contributed by atoms with van der Waals surface area (Å²) in [5.74, 6) is 0.616. The molecule has 1 aliphatic heterocycles. The summed E-state index contributed by atoms with van der Waals surface area (Å²) in [4.78, 5) is 29.5. The van der Waals surface area contributed by atoms with Crippen molar-refractivity contribution in [1.29, 1.82) is 0 Å². The molecule has 29 heavy (non-hydrogen) atoms. The van der Waals surface area contributed by atoms with E-state index in [0.717, 1.165) is 23.0 Å². The predicted molar refractivity (Wildman–Crippen MR) is 115 cm³/mol. The molecule has 2 heterocycles. The van der Waals surface area contributed by atoms with E-state index in [1.54, 1.807) is 12.0 Å². The van der Waals surface area contributed by atoms with E-state index in [2.05, 4.69) is 14.6 Å². The van der Waals surface area contributed by atoms with E-state index in [1.165, 1.54) is 0 Å². The van der Waals surface area contributed by atoms with Crippen molar-refractivity contribution in [3.63, 3.8) is 0 Å². The van der Waals surface area contributed by atoms with Crippen molar-refractivity contribution in [3.05, 3.63) is 34.8 Å². The summed E-state index contributed by atoms with van der Waals surface area (Å²) in [6.07, 6.45) is 0. The van der Waals surface area contributed by atoms with E-state index in [0.29, 0.717) is 43.5 Å². The molecule has 3 rings (SSSR count). The lowest BCUT2D eigenvalue weighted by Gasteiger charge is -2.36. The Kier molecular flexibility index (Phi) is 6.58. The molecule has 8 nitrogen and oxygen atoms in total. The first-order valence-electron chi connectivity index (χ1n) is 9.62. The van der Waals surface area contributed by atoms with Crippen molar-refractivity contribution in [2.75, 3.05) is 50.5 Å². The lowest BCUT2D eigenvalue weighted by molar-refractivity contribution is 0.0752. The molecule has 156 valence electrons. The second-order valence-electron chi connectivity index (χ2n) is 7.36. The molecule has 2 amide bonds.